The Balaban J connectivity index is 1.57. The van der Waals surface area contributed by atoms with Gasteiger partial charge in [-0.1, -0.05) is 41.7 Å². The van der Waals surface area contributed by atoms with Gasteiger partial charge in [-0.3, -0.25) is 4.79 Å². The molecule has 3 amide bonds. The second-order valence-electron chi connectivity index (χ2n) is 6.54. The van der Waals surface area contributed by atoms with Crippen molar-refractivity contribution in [3.05, 3.63) is 35.3 Å². The summed E-state index contributed by atoms with van der Waals surface area (Å²) in [5.74, 6) is -0.141. The van der Waals surface area contributed by atoms with Crippen LogP contribution in [0.1, 0.15) is 31.7 Å². The van der Waals surface area contributed by atoms with E-state index in [1.807, 2.05) is 44.2 Å². The zero-order valence-electron chi connectivity index (χ0n) is 14.9. The summed E-state index contributed by atoms with van der Waals surface area (Å²) in [5, 5.41) is 15.6. The summed E-state index contributed by atoms with van der Waals surface area (Å²) >= 11 is 1.46. The number of likely N-dealkylation sites (tertiary alicyclic amines) is 1. The van der Waals surface area contributed by atoms with Crippen LogP contribution in [0.2, 0.25) is 0 Å². The van der Waals surface area contributed by atoms with Crippen molar-refractivity contribution in [3.8, 4) is 10.6 Å². The molecule has 7 nitrogen and oxygen atoms in total. The Morgan fingerprint density at radius 1 is 1.27 bits per heavy atom. The fourth-order valence-corrected chi connectivity index (χ4v) is 3.70. The average Bonchev–Trinajstić information content (AvgIpc) is 3.29. The molecule has 26 heavy (non-hydrogen) atoms. The molecule has 0 saturated carbocycles. The molecule has 2 heterocycles. The van der Waals surface area contributed by atoms with E-state index >= 15 is 0 Å². The zero-order chi connectivity index (χ0) is 18.5. The van der Waals surface area contributed by atoms with Crippen molar-refractivity contribution in [1.29, 1.82) is 0 Å². The van der Waals surface area contributed by atoms with Crippen LogP contribution in [0.3, 0.4) is 0 Å². The Bertz CT molecular complexity index is 762. The van der Waals surface area contributed by atoms with E-state index in [0.29, 0.717) is 19.5 Å². The fraction of sp³-hybridized carbons (Fsp3) is 0.444. The number of nitrogens with zero attached hydrogens (tertiary/aromatic N) is 3. The molecule has 138 valence electrons. The molecule has 0 bridgehead atoms. The van der Waals surface area contributed by atoms with E-state index in [1.54, 1.807) is 4.90 Å². The minimum atomic E-state index is -0.421. The molecular weight excluding hydrogens is 350 g/mol. The van der Waals surface area contributed by atoms with Crippen LogP contribution >= 0.6 is 11.3 Å². The molecule has 0 radical (unpaired) electrons. The first-order chi connectivity index (χ1) is 12.5. The van der Waals surface area contributed by atoms with Gasteiger partial charge < -0.3 is 15.5 Å². The van der Waals surface area contributed by atoms with Gasteiger partial charge in [0.25, 0.3) is 0 Å². The number of aromatic nitrogens is 2. The van der Waals surface area contributed by atoms with Crippen molar-refractivity contribution < 1.29 is 9.59 Å². The zero-order valence-corrected chi connectivity index (χ0v) is 15.8. The molecule has 3 rings (SSSR count). The summed E-state index contributed by atoms with van der Waals surface area (Å²) < 4.78 is 0. The van der Waals surface area contributed by atoms with Crippen LogP contribution in [-0.4, -0.2) is 45.7 Å². The van der Waals surface area contributed by atoms with Crippen LogP contribution in [0.4, 0.5) is 4.79 Å². The summed E-state index contributed by atoms with van der Waals surface area (Å²) in [6.07, 6.45) is 1.52. The molecular formula is C18H23N5O2S. The molecule has 1 atom stereocenters. The number of carbonyl (C=O) groups excluding carboxylic acids is 2. The number of rotatable bonds is 5. The Morgan fingerprint density at radius 2 is 2.04 bits per heavy atom. The number of amides is 3. The molecule has 1 aliphatic heterocycles. The van der Waals surface area contributed by atoms with Crippen LogP contribution in [0, 0.1) is 0 Å². The van der Waals surface area contributed by atoms with Gasteiger partial charge in [-0.15, -0.1) is 10.2 Å². The highest BCUT2D eigenvalue weighted by atomic mass is 32.1. The third kappa shape index (κ3) is 4.37. The lowest BCUT2D eigenvalue weighted by Gasteiger charge is -2.25. The molecule has 1 aromatic carbocycles. The predicted molar refractivity (Wildman–Crippen MR) is 101 cm³/mol. The maximum absolute atomic E-state index is 12.5. The summed E-state index contributed by atoms with van der Waals surface area (Å²) in [7, 11) is 0. The monoisotopic (exact) mass is 373 g/mol. The van der Waals surface area contributed by atoms with Crippen molar-refractivity contribution in [2.45, 2.75) is 45.3 Å². The second kappa shape index (κ2) is 8.27. The standard InChI is InChI=1S/C18H23N5O2S/c1-12(2)20-18(25)23-10-6-9-14(23)16(24)19-11-15-21-22-17(26-15)13-7-4-3-5-8-13/h3-5,7-8,12,14H,6,9-11H2,1-2H3,(H,19,24)(H,20,25)/t14-/m0/s1. The Kier molecular flexibility index (Phi) is 5.82. The van der Waals surface area contributed by atoms with Crippen LogP contribution in [-0.2, 0) is 11.3 Å². The highest BCUT2D eigenvalue weighted by molar-refractivity contribution is 7.14. The van der Waals surface area contributed by atoms with Crippen molar-refractivity contribution >= 4 is 23.3 Å². The Morgan fingerprint density at radius 3 is 2.77 bits per heavy atom. The summed E-state index contributed by atoms with van der Waals surface area (Å²) in [6, 6.07) is 9.26. The first-order valence-corrected chi connectivity index (χ1v) is 9.59. The van der Waals surface area contributed by atoms with E-state index in [0.717, 1.165) is 22.0 Å². The van der Waals surface area contributed by atoms with Crippen molar-refractivity contribution in [2.75, 3.05) is 6.54 Å². The Labute approximate surface area is 156 Å². The molecule has 0 spiro atoms. The van der Waals surface area contributed by atoms with Crippen LogP contribution in [0.5, 0.6) is 0 Å². The number of hydrogen-bond donors (Lipinski definition) is 2. The highest BCUT2D eigenvalue weighted by Gasteiger charge is 2.34. The quantitative estimate of drug-likeness (QED) is 0.842. The normalized spacial score (nSPS) is 16.7. The first kappa shape index (κ1) is 18.3. The number of hydrogen-bond acceptors (Lipinski definition) is 5. The summed E-state index contributed by atoms with van der Waals surface area (Å²) in [5.41, 5.74) is 1.01. The van der Waals surface area contributed by atoms with Gasteiger partial charge >= 0.3 is 6.03 Å². The fourth-order valence-electron chi connectivity index (χ4n) is 2.92. The number of carbonyl (C=O) groups is 2. The second-order valence-corrected chi connectivity index (χ2v) is 7.60. The third-order valence-electron chi connectivity index (χ3n) is 4.13. The topological polar surface area (TPSA) is 87.2 Å². The van der Waals surface area contributed by atoms with Crippen molar-refractivity contribution in [1.82, 2.24) is 25.7 Å². The molecule has 1 fully saturated rings. The maximum Gasteiger partial charge on any atom is 0.318 e. The van der Waals surface area contributed by atoms with Crippen molar-refractivity contribution in [3.63, 3.8) is 0 Å². The van der Waals surface area contributed by atoms with Gasteiger partial charge in [0.2, 0.25) is 5.91 Å². The number of nitrogens with one attached hydrogen (secondary N) is 2. The molecule has 1 aromatic heterocycles. The van der Waals surface area contributed by atoms with E-state index in [4.69, 9.17) is 0 Å². The van der Waals surface area contributed by atoms with Gasteiger partial charge in [-0.05, 0) is 26.7 Å². The minimum Gasteiger partial charge on any atom is -0.348 e. The molecule has 0 aliphatic carbocycles. The van der Waals surface area contributed by atoms with Gasteiger partial charge in [0.1, 0.15) is 16.1 Å². The van der Waals surface area contributed by atoms with E-state index in [2.05, 4.69) is 20.8 Å². The minimum absolute atomic E-state index is 0.0459. The van der Waals surface area contributed by atoms with Crippen LogP contribution < -0.4 is 10.6 Å². The van der Waals surface area contributed by atoms with Gasteiger partial charge in [-0.25, -0.2) is 4.79 Å². The predicted octanol–water partition coefficient (Wildman–Crippen LogP) is 2.40. The molecule has 1 saturated heterocycles. The number of urea groups is 1. The summed E-state index contributed by atoms with van der Waals surface area (Å²) in [4.78, 5) is 26.4. The highest BCUT2D eigenvalue weighted by Crippen LogP contribution is 2.23. The number of benzene rings is 1. The largest absolute Gasteiger partial charge is 0.348 e. The van der Waals surface area contributed by atoms with Crippen molar-refractivity contribution in [2.24, 2.45) is 0 Å². The molecule has 2 aromatic rings. The third-order valence-corrected chi connectivity index (χ3v) is 5.10. The van der Waals surface area contributed by atoms with E-state index in [1.165, 1.54) is 11.3 Å². The SMILES string of the molecule is CC(C)NC(=O)N1CCC[C@H]1C(=O)NCc1nnc(-c2ccccc2)s1. The van der Waals surface area contributed by atoms with E-state index in [9.17, 15) is 9.59 Å². The van der Waals surface area contributed by atoms with Gasteiger partial charge in [0, 0.05) is 18.2 Å². The van der Waals surface area contributed by atoms with Crippen LogP contribution in [0.25, 0.3) is 10.6 Å². The molecule has 1 aliphatic rings. The van der Waals surface area contributed by atoms with E-state index < -0.39 is 6.04 Å². The van der Waals surface area contributed by atoms with Crippen LogP contribution in [0.15, 0.2) is 30.3 Å². The molecule has 2 N–H and O–H groups in total. The molecule has 8 heteroatoms. The lowest BCUT2D eigenvalue weighted by molar-refractivity contribution is -0.124. The molecule has 0 unspecified atom stereocenters. The maximum atomic E-state index is 12.5. The smallest absolute Gasteiger partial charge is 0.318 e. The van der Waals surface area contributed by atoms with Gasteiger partial charge in [0.15, 0.2) is 0 Å². The van der Waals surface area contributed by atoms with E-state index in [-0.39, 0.29) is 18.0 Å². The van der Waals surface area contributed by atoms with Gasteiger partial charge in [-0.2, -0.15) is 0 Å². The average molecular weight is 373 g/mol. The first-order valence-electron chi connectivity index (χ1n) is 8.77. The Hall–Kier alpha value is -2.48. The van der Waals surface area contributed by atoms with Gasteiger partial charge in [0.05, 0.1) is 6.54 Å². The summed E-state index contributed by atoms with van der Waals surface area (Å²) in [6.45, 7) is 4.73. The lowest BCUT2D eigenvalue weighted by atomic mass is 10.2. The lowest BCUT2D eigenvalue weighted by Crippen LogP contribution is -2.50.